The molecule has 1 atom stereocenters. The normalized spacial score (nSPS) is 17.3. The molecule has 5 heteroatoms. The number of likely N-dealkylation sites (tertiary alicyclic amines) is 1. The summed E-state index contributed by atoms with van der Waals surface area (Å²) in [4.78, 5) is 6.98. The van der Waals surface area contributed by atoms with Gasteiger partial charge in [-0.3, -0.25) is 4.90 Å². The number of ether oxygens (including phenoxy) is 1. The third-order valence-electron chi connectivity index (χ3n) is 4.93. The van der Waals surface area contributed by atoms with Crippen molar-refractivity contribution < 1.29 is 13.5 Å². The second kappa shape index (κ2) is 7.92. The average molecular weight is 366 g/mol. The van der Waals surface area contributed by atoms with E-state index in [2.05, 4.69) is 22.0 Å². The molecule has 27 heavy (non-hydrogen) atoms. The van der Waals surface area contributed by atoms with Gasteiger partial charge in [-0.25, -0.2) is 9.37 Å². The van der Waals surface area contributed by atoms with Gasteiger partial charge in [0.15, 0.2) is 0 Å². The van der Waals surface area contributed by atoms with Gasteiger partial charge in [0.1, 0.15) is 17.8 Å². The van der Waals surface area contributed by atoms with Crippen LogP contribution in [0.3, 0.4) is 0 Å². The van der Waals surface area contributed by atoms with Crippen LogP contribution in [0.15, 0.2) is 59.2 Å². The van der Waals surface area contributed by atoms with Crippen LogP contribution in [-0.2, 0) is 6.54 Å². The first-order valence-corrected chi connectivity index (χ1v) is 9.40. The molecule has 4 nitrogen and oxygen atoms in total. The minimum atomic E-state index is -0.289. The Balaban J connectivity index is 1.47. The third kappa shape index (κ3) is 4.03. The largest absolute Gasteiger partial charge is 0.494 e. The maximum absolute atomic E-state index is 13.4. The molecule has 1 fully saturated rings. The van der Waals surface area contributed by atoms with E-state index in [1.807, 2.05) is 19.1 Å². The molecule has 1 aromatic heterocycles. The van der Waals surface area contributed by atoms with E-state index in [1.165, 1.54) is 17.7 Å². The van der Waals surface area contributed by atoms with Crippen LogP contribution < -0.4 is 4.74 Å². The molecule has 3 aromatic rings. The molecule has 2 aromatic carbocycles. The highest BCUT2D eigenvalue weighted by Crippen LogP contribution is 2.34. The molecule has 4 rings (SSSR count). The predicted octanol–water partition coefficient (Wildman–Crippen LogP) is 5.22. The molecule has 140 valence electrons. The minimum Gasteiger partial charge on any atom is -0.494 e. The fraction of sp³-hybridized carbons (Fsp3) is 0.318. The lowest BCUT2D eigenvalue weighted by Gasteiger charge is -2.24. The summed E-state index contributed by atoms with van der Waals surface area (Å²) in [5, 5.41) is 0. The van der Waals surface area contributed by atoms with E-state index >= 15 is 0 Å². The number of halogens is 1. The Bertz CT molecular complexity index is 891. The van der Waals surface area contributed by atoms with E-state index in [1.54, 1.807) is 18.4 Å². The van der Waals surface area contributed by atoms with Crippen molar-refractivity contribution >= 4 is 0 Å². The van der Waals surface area contributed by atoms with Gasteiger partial charge in [0.05, 0.1) is 12.3 Å². The van der Waals surface area contributed by atoms with Crippen LogP contribution >= 0.6 is 0 Å². The first-order chi connectivity index (χ1) is 13.2. The highest BCUT2D eigenvalue weighted by molar-refractivity contribution is 5.52. The van der Waals surface area contributed by atoms with Gasteiger partial charge in [-0.15, -0.1) is 0 Å². The van der Waals surface area contributed by atoms with Crippen molar-refractivity contribution in [2.45, 2.75) is 32.4 Å². The molecule has 0 bridgehead atoms. The standard InChI is InChI=1S/C22H23FN2O2/c1-2-26-20-10-8-16(9-11-20)21-7-4-12-25(21)14-19-15-27-22(24-19)17-5-3-6-18(23)13-17/h3,5-6,8-11,13,15,21H,2,4,7,12,14H2,1H3/t21-/m0/s1. The van der Waals surface area contributed by atoms with Crippen LogP contribution in [0.5, 0.6) is 5.75 Å². The monoisotopic (exact) mass is 366 g/mol. The van der Waals surface area contributed by atoms with Gasteiger partial charge < -0.3 is 9.15 Å². The summed E-state index contributed by atoms with van der Waals surface area (Å²) in [5.74, 6) is 1.07. The number of benzene rings is 2. The maximum Gasteiger partial charge on any atom is 0.226 e. The topological polar surface area (TPSA) is 38.5 Å². The average Bonchev–Trinajstić information content (AvgIpc) is 3.33. The Morgan fingerprint density at radius 2 is 2.07 bits per heavy atom. The number of hydrogen-bond acceptors (Lipinski definition) is 4. The Morgan fingerprint density at radius 3 is 2.85 bits per heavy atom. The zero-order valence-electron chi connectivity index (χ0n) is 15.4. The summed E-state index contributed by atoms with van der Waals surface area (Å²) >= 11 is 0. The smallest absolute Gasteiger partial charge is 0.226 e. The number of hydrogen-bond donors (Lipinski definition) is 0. The highest BCUT2D eigenvalue weighted by atomic mass is 19.1. The molecule has 1 aliphatic heterocycles. The van der Waals surface area contributed by atoms with E-state index in [9.17, 15) is 4.39 Å². The molecule has 0 amide bonds. The van der Waals surface area contributed by atoms with E-state index in [-0.39, 0.29) is 5.82 Å². The summed E-state index contributed by atoms with van der Waals surface area (Å²) in [5.41, 5.74) is 2.82. The van der Waals surface area contributed by atoms with Gasteiger partial charge in [-0.1, -0.05) is 18.2 Å². The molecular formula is C22H23FN2O2. The number of rotatable bonds is 6. The SMILES string of the molecule is CCOc1ccc([C@@H]2CCCN2Cc2coc(-c3cccc(F)c3)n2)cc1. The van der Waals surface area contributed by atoms with Crippen LogP contribution in [0.25, 0.3) is 11.5 Å². The fourth-order valence-electron chi connectivity index (χ4n) is 3.69. The lowest BCUT2D eigenvalue weighted by molar-refractivity contribution is 0.245. The highest BCUT2D eigenvalue weighted by Gasteiger charge is 2.27. The van der Waals surface area contributed by atoms with E-state index in [4.69, 9.17) is 9.15 Å². The lowest BCUT2D eigenvalue weighted by Crippen LogP contribution is -2.22. The molecule has 1 saturated heterocycles. The first-order valence-electron chi connectivity index (χ1n) is 9.40. The van der Waals surface area contributed by atoms with Crippen LogP contribution in [0.1, 0.15) is 37.1 Å². The summed E-state index contributed by atoms with van der Waals surface area (Å²) < 4.78 is 24.5. The van der Waals surface area contributed by atoms with Crippen molar-refractivity contribution in [3.05, 3.63) is 71.9 Å². The van der Waals surface area contributed by atoms with Gasteiger partial charge in [0, 0.05) is 18.2 Å². The summed E-state index contributed by atoms with van der Waals surface area (Å²) in [6.45, 7) is 4.41. The van der Waals surface area contributed by atoms with Crippen molar-refractivity contribution in [1.82, 2.24) is 9.88 Å². The second-order valence-corrected chi connectivity index (χ2v) is 6.78. The Labute approximate surface area is 158 Å². The zero-order valence-corrected chi connectivity index (χ0v) is 15.4. The van der Waals surface area contributed by atoms with Crippen molar-refractivity contribution in [2.75, 3.05) is 13.2 Å². The van der Waals surface area contributed by atoms with Crippen molar-refractivity contribution in [3.63, 3.8) is 0 Å². The van der Waals surface area contributed by atoms with Crippen LogP contribution in [0.2, 0.25) is 0 Å². The Hall–Kier alpha value is -2.66. The van der Waals surface area contributed by atoms with Gasteiger partial charge in [-0.2, -0.15) is 0 Å². The molecule has 0 spiro atoms. The van der Waals surface area contributed by atoms with E-state index in [0.717, 1.165) is 37.4 Å². The zero-order chi connectivity index (χ0) is 18.6. The second-order valence-electron chi connectivity index (χ2n) is 6.78. The predicted molar refractivity (Wildman–Crippen MR) is 102 cm³/mol. The van der Waals surface area contributed by atoms with Gasteiger partial charge >= 0.3 is 0 Å². The molecule has 0 saturated carbocycles. The molecule has 1 aliphatic rings. The van der Waals surface area contributed by atoms with Crippen LogP contribution in [-0.4, -0.2) is 23.0 Å². The van der Waals surface area contributed by atoms with Gasteiger partial charge in [0.2, 0.25) is 5.89 Å². The summed E-state index contributed by atoms with van der Waals surface area (Å²) in [6.07, 6.45) is 3.96. The van der Waals surface area contributed by atoms with Gasteiger partial charge in [-0.05, 0) is 62.2 Å². The molecule has 0 aliphatic carbocycles. The van der Waals surface area contributed by atoms with Crippen molar-refractivity contribution in [2.24, 2.45) is 0 Å². The molecule has 2 heterocycles. The lowest BCUT2D eigenvalue weighted by atomic mass is 10.0. The molecular weight excluding hydrogens is 343 g/mol. The fourth-order valence-corrected chi connectivity index (χ4v) is 3.69. The summed E-state index contributed by atoms with van der Waals surface area (Å²) in [6, 6.07) is 15.1. The van der Waals surface area contributed by atoms with Gasteiger partial charge in [0.25, 0.3) is 0 Å². The molecule has 0 N–H and O–H groups in total. The van der Waals surface area contributed by atoms with E-state index in [0.29, 0.717) is 24.1 Å². The number of oxazole rings is 1. The summed E-state index contributed by atoms with van der Waals surface area (Å²) in [7, 11) is 0. The number of nitrogens with zero attached hydrogens (tertiary/aromatic N) is 2. The van der Waals surface area contributed by atoms with Crippen molar-refractivity contribution in [1.29, 1.82) is 0 Å². The quantitative estimate of drug-likeness (QED) is 0.600. The first kappa shape index (κ1) is 17.7. The van der Waals surface area contributed by atoms with Crippen molar-refractivity contribution in [3.8, 4) is 17.2 Å². The molecule has 0 radical (unpaired) electrons. The maximum atomic E-state index is 13.4. The third-order valence-corrected chi connectivity index (χ3v) is 4.93. The minimum absolute atomic E-state index is 0.289. The van der Waals surface area contributed by atoms with Crippen LogP contribution in [0, 0.1) is 5.82 Å². The Kier molecular flexibility index (Phi) is 5.21. The van der Waals surface area contributed by atoms with Crippen LogP contribution in [0.4, 0.5) is 4.39 Å². The Morgan fingerprint density at radius 1 is 1.22 bits per heavy atom. The van der Waals surface area contributed by atoms with E-state index < -0.39 is 0 Å². The molecule has 0 unspecified atom stereocenters. The number of aromatic nitrogens is 1.